The second kappa shape index (κ2) is 6.15. The molecular weight excluding hydrogens is 334 g/mol. The molecule has 0 spiro atoms. The van der Waals surface area contributed by atoms with Gasteiger partial charge in [0.15, 0.2) is 0 Å². The summed E-state index contributed by atoms with van der Waals surface area (Å²) in [4.78, 5) is 25.2. The normalized spacial score (nSPS) is 20.8. The highest BCUT2D eigenvalue weighted by atomic mass is 79.9. The molecule has 1 saturated heterocycles. The van der Waals surface area contributed by atoms with E-state index in [9.17, 15) is 9.59 Å². The van der Waals surface area contributed by atoms with Crippen molar-refractivity contribution in [3.63, 3.8) is 0 Å². The van der Waals surface area contributed by atoms with Crippen molar-refractivity contribution in [2.45, 2.75) is 25.4 Å². The highest BCUT2D eigenvalue weighted by Crippen LogP contribution is 2.25. The second-order valence-corrected chi connectivity index (χ2v) is 6.45. The standard InChI is InChI=1S/C15H18BrN3O2/c16-11-1-3-13-10(7-11)9-19(15(13)21)6-5-17-8-12-2-4-14(20)18-12/h1,3,7,12,17H,2,4-6,8-9H2,(H,18,20). The van der Waals surface area contributed by atoms with Crippen LogP contribution in [0.4, 0.5) is 0 Å². The monoisotopic (exact) mass is 351 g/mol. The first-order valence-electron chi connectivity index (χ1n) is 7.21. The molecule has 3 rings (SSSR count). The lowest BCUT2D eigenvalue weighted by Gasteiger charge is -2.17. The maximum absolute atomic E-state index is 12.2. The summed E-state index contributed by atoms with van der Waals surface area (Å²) >= 11 is 3.43. The molecule has 112 valence electrons. The van der Waals surface area contributed by atoms with Crippen LogP contribution in [0, 0.1) is 0 Å². The molecule has 1 fully saturated rings. The summed E-state index contributed by atoms with van der Waals surface area (Å²) < 4.78 is 1.01. The zero-order chi connectivity index (χ0) is 14.8. The van der Waals surface area contributed by atoms with E-state index in [2.05, 4.69) is 26.6 Å². The number of nitrogens with zero attached hydrogens (tertiary/aromatic N) is 1. The van der Waals surface area contributed by atoms with Gasteiger partial charge < -0.3 is 15.5 Å². The molecule has 0 aromatic heterocycles. The SMILES string of the molecule is O=C1CCC(CNCCN2Cc3cc(Br)ccc3C2=O)N1. The molecule has 1 atom stereocenters. The molecule has 2 N–H and O–H groups in total. The Kier molecular flexibility index (Phi) is 4.26. The van der Waals surface area contributed by atoms with Crippen molar-refractivity contribution >= 4 is 27.7 Å². The van der Waals surface area contributed by atoms with Crippen LogP contribution < -0.4 is 10.6 Å². The number of amides is 2. The first-order chi connectivity index (χ1) is 10.1. The van der Waals surface area contributed by atoms with Gasteiger partial charge in [0.05, 0.1) is 0 Å². The number of hydrogen-bond acceptors (Lipinski definition) is 3. The topological polar surface area (TPSA) is 61.4 Å². The number of carbonyl (C=O) groups excluding carboxylic acids is 2. The van der Waals surface area contributed by atoms with Crippen molar-refractivity contribution in [1.82, 2.24) is 15.5 Å². The van der Waals surface area contributed by atoms with Gasteiger partial charge in [-0.2, -0.15) is 0 Å². The van der Waals surface area contributed by atoms with Crippen LogP contribution in [0.15, 0.2) is 22.7 Å². The van der Waals surface area contributed by atoms with E-state index in [-0.39, 0.29) is 17.9 Å². The minimum atomic E-state index is 0.105. The van der Waals surface area contributed by atoms with Gasteiger partial charge in [0, 0.05) is 48.7 Å². The van der Waals surface area contributed by atoms with Crippen molar-refractivity contribution in [2.75, 3.05) is 19.6 Å². The number of rotatable bonds is 5. The Hall–Kier alpha value is -1.40. The Bertz CT molecular complexity index is 576. The fraction of sp³-hybridized carbons (Fsp3) is 0.467. The third-order valence-electron chi connectivity index (χ3n) is 3.98. The minimum absolute atomic E-state index is 0.105. The Balaban J connectivity index is 1.45. The molecule has 2 aliphatic rings. The number of hydrogen-bond donors (Lipinski definition) is 2. The van der Waals surface area contributed by atoms with Crippen molar-refractivity contribution in [3.8, 4) is 0 Å². The summed E-state index contributed by atoms with van der Waals surface area (Å²) in [6.07, 6.45) is 1.52. The summed E-state index contributed by atoms with van der Waals surface area (Å²) in [7, 11) is 0. The summed E-state index contributed by atoms with van der Waals surface area (Å²) in [6, 6.07) is 6.03. The summed E-state index contributed by atoms with van der Waals surface area (Å²) in [5, 5.41) is 6.24. The van der Waals surface area contributed by atoms with E-state index in [0.717, 1.165) is 35.1 Å². The number of nitrogens with one attached hydrogen (secondary N) is 2. The molecule has 1 aromatic carbocycles. The third-order valence-corrected chi connectivity index (χ3v) is 4.47. The van der Waals surface area contributed by atoms with Crippen LogP contribution in [0.25, 0.3) is 0 Å². The lowest BCUT2D eigenvalue weighted by molar-refractivity contribution is -0.119. The van der Waals surface area contributed by atoms with Gasteiger partial charge in [0.25, 0.3) is 5.91 Å². The molecule has 1 unspecified atom stereocenters. The zero-order valence-electron chi connectivity index (χ0n) is 11.7. The van der Waals surface area contributed by atoms with Crippen LogP contribution in [0.1, 0.15) is 28.8 Å². The number of carbonyl (C=O) groups is 2. The first kappa shape index (κ1) is 14.5. The lowest BCUT2D eigenvalue weighted by Crippen LogP contribution is -2.39. The van der Waals surface area contributed by atoms with Gasteiger partial charge in [-0.25, -0.2) is 0 Å². The molecule has 21 heavy (non-hydrogen) atoms. The van der Waals surface area contributed by atoms with Gasteiger partial charge in [-0.3, -0.25) is 9.59 Å². The van der Waals surface area contributed by atoms with Gasteiger partial charge in [-0.05, 0) is 30.2 Å². The summed E-state index contributed by atoms with van der Waals surface area (Å²) in [5.41, 5.74) is 1.89. The molecule has 0 radical (unpaired) electrons. The molecular formula is C15H18BrN3O2. The van der Waals surface area contributed by atoms with E-state index in [1.54, 1.807) is 0 Å². The Morgan fingerprint density at radius 2 is 2.24 bits per heavy atom. The van der Waals surface area contributed by atoms with E-state index in [4.69, 9.17) is 0 Å². The molecule has 2 aliphatic heterocycles. The van der Waals surface area contributed by atoms with Crippen molar-refractivity contribution in [1.29, 1.82) is 0 Å². The lowest BCUT2D eigenvalue weighted by atomic mass is 10.1. The third kappa shape index (κ3) is 3.27. The van der Waals surface area contributed by atoms with Crippen LogP contribution in [-0.4, -0.2) is 42.4 Å². The largest absolute Gasteiger partial charge is 0.352 e. The van der Waals surface area contributed by atoms with Crippen LogP contribution in [0.5, 0.6) is 0 Å². The van der Waals surface area contributed by atoms with Crippen molar-refractivity contribution in [3.05, 3.63) is 33.8 Å². The molecule has 0 bridgehead atoms. The molecule has 1 aromatic rings. The average molecular weight is 352 g/mol. The zero-order valence-corrected chi connectivity index (χ0v) is 13.3. The van der Waals surface area contributed by atoms with Crippen LogP contribution in [0.3, 0.4) is 0 Å². The number of benzene rings is 1. The number of halogens is 1. The molecule has 6 heteroatoms. The van der Waals surface area contributed by atoms with Gasteiger partial charge >= 0.3 is 0 Å². The molecule has 2 heterocycles. The predicted molar refractivity (Wildman–Crippen MR) is 82.9 cm³/mol. The van der Waals surface area contributed by atoms with Gasteiger partial charge in [0.1, 0.15) is 0 Å². The van der Waals surface area contributed by atoms with Crippen LogP contribution >= 0.6 is 15.9 Å². The van der Waals surface area contributed by atoms with Gasteiger partial charge in [-0.1, -0.05) is 15.9 Å². The minimum Gasteiger partial charge on any atom is -0.352 e. The molecule has 5 nitrogen and oxygen atoms in total. The maximum Gasteiger partial charge on any atom is 0.254 e. The number of fused-ring (bicyclic) bond motifs is 1. The van der Waals surface area contributed by atoms with E-state index < -0.39 is 0 Å². The Morgan fingerprint density at radius 3 is 3.00 bits per heavy atom. The first-order valence-corrected chi connectivity index (χ1v) is 8.00. The Morgan fingerprint density at radius 1 is 1.38 bits per heavy atom. The average Bonchev–Trinajstić information content (AvgIpc) is 2.99. The van der Waals surface area contributed by atoms with Crippen molar-refractivity contribution < 1.29 is 9.59 Å². The quantitative estimate of drug-likeness (QED) is 0.785. The predicted octanol–water partition coefficient (Wildman–Crippen LogP) is 1.27. The van der Waals surface area contributed by atoms with Crippen LogP contribution in [-0.2, 0) is 11.3 Å². The second-order valence-electron chi connectivity index (χ2n) is 5.54. The fourth-order valence-corrected chi connectivity index (χ4v) is 3.26. The van der Waals surface area contributed by atoms with Gasteiger partial charge in [0.2, 0.25) is 5.91 Å². The van der Waals surface area contributed by atoms with E-state index in [1.807, 2.05) is 23.1 Å². The van der Waals surface area contributed by atoms with Crippen molar-refractivity contribution in [2.24, 2.45) is 0 Å². The van der Waals surface area contributed by atoms with Crippen LogP contribution in [0.2, 0.25) is 0 Å². The molecule has 2 amide bonds. The summed E-state index contributed by atoms with van der Waals surface area (Å²) in [5.74, 6) is 0.242. The van der Waals surface area contributed by atoms with E-state index >= 15 is 0 Å². The highest BCUT2D eigenvalue weighted by Gasteiger charge is 2.27. The Labute approximate surface area is 132 Å². The highest BCUT2D eigenvalue weighted by molar-refractivity contribution is 9.10. The molecule has 0 aliphatic carbocycles. The van der Waals surface area contributed by atoms with E-state index in [1.165, 1.54) is 0 Å². The maximum atomic E-state index is 12.2. The summed E-state index contributed by atoms with van der Waals surface area (Å²) in [6.45, 7) is 2.88. The van der Waals surface area contributed by atoms with Gasteiger partial charge in [-0.15, -0.1) is 0 Å². The fourth-order valence-electron chi connectivity index (χ4n) is 2.85. The van der Waals surface area contributed by atoms with E-state index in [0.29, 0.717) is 19.5 Å². The smallest absolute Gasteiger partial charge is 0.254 e. The molecule has 0 saturated carbocycles.